The summed E-state index contributed by atoms with van der Waals surface area (Å²) in [7, 11) is 1.90. The average Bonchev–Trinajstić information content (AvgIpc) is 2.41. The molecule has 0 aromatic heterocycles. The lowest BCUT2D eigenvalue weighted by Gasteiger charge is -2.16. The van der Waals surface area contributed by atoms with E-state index >= 15 is 0 Å². The van der Waals surface area contributed by atoms with Crippen LogP contribution in [0.2, 0.25) is 0 Å². The van der Waals surface area contributed by atoms with Crippen molar-refractivity contribution in [3.8, 4) is 0 Å². The van der Waals surface area contributed by atoms with E-state index in [4.69, 9.17) is 0 Å². The molecule has 114 valence electrons. The molecule has 0 aliphatic heterocycles. The molecule has 3 heteroatoms. The van der Waals surface area contributed by atoms with Crippen LogP contribution in [-0.2, 0) is 4.79 Å². The summed E-state index contributed by atoms with van der Waals surface area (Å²) in [6.45, 7) is 3.17. The number of hydrogen-bond donors (Lipinski definition) is 1. The first-order valence-corrected chi connectivity index (χ1v) is 8.70. The maximum absolute atomic E-state index is 11.5. The molecule has 0 radical (unpaired) electrons. The predicted octanol–water partition coefficient (Wildman–Crippen LogP) is 4.69. The highest BCUT2D eigenvalue weighted by molar-refractivity contribution is 7.80. The van der Waals surface area contributed by atoms with Crippen LogP contribution >= 0.6 is 12.6 Å². The van der Waals surface area contributed by atoms with Crippen LogP contribution in [0.3, 0.4) is 0 Å². The molecule has 0 aromatic carbocycles. The molecule has 2 nitrogen and oxygen atoms in total. The standard InChI is InChI=1S/C16H33NOS/c1-3-4-5-6-7-8-9-10-11-12-14-17(2)16(18)13-15-19/h19H,3-15H2,1-2H3. The third-order valence-electron chi connectivity index (χ3n) is 3.60. The van der Waals surface area contributed by atoms with E-state index in [1.54, 1.807) is 0 Å². The molecule has 0 spiro atoms. The highest BCUT2D eigenvalue weighted by Crippen LogP contribution is 2.10. The Hall–Kier alpha value is -0.180. The largest absolute Gasteiger partial charge is 0.346 e. The van der Waals surface area contributed by atoms with Gasteiger partial charge in [-0.25, -0.2) is 0 Å². The number of hydrogen-bond acceptors (Lipinski definition) is 2. The maximum Gasteiger partial charge on any atom is 0.223 e. The summed E-state index contributed by atoms with van der Waals surface area (Å²) >= 11 is 4.09. The van der Waals surface area contributed by atoms with Crippen molar-refractivity contribution in [2.24, 2.45) is 0 Å². The Kier molecular flexibility index (Phi) is 14.1. The van der Waals surface area contributed by atoms with Gasteiger partial charge in [0.1, 0.15) is 0 Å². The van der Waals surface area contributed by atoms with E-state index < -0.39 is 0 Å². The summed E-state index contributed by atoms with van der Waals surface area (Å²) in [6, 6.07) is 0. The molecule has 0 atom stereocenters. The van der Waals surface area contributed by atoms with Crippen LogP contribution in [0.5, 0.6) is 0 Å². The molecule has 0 fully saturated rings. The zero-order chi connectivity index (χ0) is 14.3. The summed E-state index contributed by atoms with van der Waals surface area (Å²) in [5, 5.41) is 0. The first-order chi connectivity index (χ1) is 9.22. The topological polar surface area (TPSA) is 20.3 Å². The van der Waals surface area contributed by atoms with Crippen LogP contribution in [0.15, 0.2) is 0 Å². The Labute approximate surface area is 125 Å². The first-order valence-electron chi connectivity index (χ1n) is 8.07. The number of unbranched alkanes of at least 4 members (excludes halogenated alkanes) is 9. The molecule has 0 saturated heterocycles. The van der Waals surface area contributed by atoms with Gasteiger partial charge in [-0.3, -0.25) is 4.79 Å². The number of carbonyl (C=O) groups excluding carboxylic acids is 1. The number of thiol groups is 1. The van der Waals surface area contributed by atoms with E-state index in [9.17, 15) is 4.79 Å². The minimum absolute atomic E-state index is 0.228. The Balaban J connectivity index is 3.20. The molecule has 0 aromatic rings. The number of amides is 1. The van der Waals surface area contributed by atoms with Gasteiger partial charge in [0.2, 0.25) is 5.91 Å². The molecule has 0 aliphatic rings. The van der Waals surface area contributed by atoms with Crippen molar-refractivity contribution in [3.05, 3.63) is 0 Å². The fraction of sp³-hybridized carbons (Fsp3) is 0.938. The minimum Gasteiger partial charge on any atom is -0.346 e. The highest BCUT2D eigenvalue weighted by Gasteiger charge is 2.06. The molecule has 0 unspecified atom stereocenters. The summed E-state index contributed by atoms with van der Waals surface area (Å²) in [5.41, 5.74) is 0. The third kappa shape index (κ3) is 12.6. The summed E-state index contributed by atoms with van der Waals surface area (Å²) < 4.78 is 0. The Morgan fingerprint density at radius 3 is 1.84 bits per heavy atom. The molecule has 0 saturated carbocycles. The first kappa shape index (κ1) is 18.8. The van der Waals surface area contributed by atoms with Gasteiger partial charge in [0, 0.05) is 20.0 Å². The van der Waals surface area contributed by atoms with E-state index in [-0.39, 0.29) is 5.91 Å². The minimum atomic E-state index is 0.228. The van der Waals surface area contributed by atoms with Gasteiger partial charge in [-0.05, 0) is 12.2 Å². The fourth-order valence-corrected chi connectivity index (χ4v) is 2.44. The lowest BCUT2D eigenvalue weighted by molar-refractivity contribution is -0.129. The predicted molar refractivity (Wildman–Crippen MR) is 88.0 cm³/mol. The lowest BCUT2D eigenvalue weighted by atomic mass is 10.1. The van der Waals surface area contributed by atoms with Crippen LogP contribution in [0, 0.1) is 0 Å². The molecule has 1 amide bonds. The van der Waals surface area contributed by atoms with Crippen LogP contribution < -0.4 is 0 Å². The number of rotatable bonds is 13. The van der Waals surface area contributed by atoms with Gasteiger partial charge in [0.15, 0.2) is 0 Å². The van der Waals surface area contributed by atoms with E-state index in [0.29, 0.717) is 12.2 Å². The summed E-state index contributed by atoms with van der Waals surface area (Å²) in [4.78, 5) is 13.4. The Bertz CT molecular complexity index is 209. The maximum atomic E-state index is 11.5. The number of carbonyl (C=O) groups is 1. The lowest BCUT2D eigenvalue weighted by Crippen LogP contribution is -2.27. The average molecular weight is 288 g/mol. The van der Waals surface area contributed by atoms with Crippen molar-refractivity contribution < 1.29 is 4.79 Å². The van der Waals surface area contributed by atoms with Gasteiger partial charge in [0.05, 0.1) is 0 Å². The van der Waals surface area contributed by atoms with Crippen molar-refractivity contribution in [3.63, 3.8) is 0 Å². The highest BCUT2D eigenvalue weighted by atomic mass is 32.1. The van der Waals surface area contributed by atoms with Gasteiger partial charge in [-0.15, -0.1) is 0 Å². The van der Waals surface area contributed by atoms with Crippen molar-refractivity contribution in [1.29, 1.82) is 0 Å². The van der Waals surface area contributed by atoms with Gasteiger partial charge < -0.3 is 4.90 Å². The molecule has 0 N–H and O–H groups in total. The van der Waals surface area contributed by atoms with Gasteiger partial charge in [-0.2, -0.15) is 12.6 Å². The van der Waals surface area contributed by atoms with Gasteiger partial charge >= 0.3 is 0 Å². The van der Waals surface area contributed by atoms with Crippen molar-refractivity contribution in [2.75, 3.05) is 19.3 Å². The van der Waals surface area contributed by atoms with Gasteiger partial charge in [0.25, 0.3) is 0 Å². The zero-order valence-corrected chi connectivity index (χ0v) is 13.9. The molecule has 0 rings (SSSR count). The van der Waals surface area contributed by atoms with E-state index in [1.807, 2.05) is 11.9 Å². The Morgan fingerprint density at radius 2 is 1.37 bits per heavy atom. The van der Waals surface area contributed by atoms with Gasteiger partial charge in [-0.1, -0.05) is 64.7 Å². The van der Waals surface area contributed by atoms with E-state index in [0.717, 1.165) is 13.0 Å². The van der Waals surface area contributed by atoms with Crippen molar-refractivity contribution >= 4 is 18.5 Å². The van der Waals surface area contributed by atoms with E-state index in [1.165, 1.54) is 57.8 Å². The second kappa shape index (κ2) is 14.2. The van der Waals surface area contributed by atoms with Crippen LogP contribution in [0.4, 0.5) is 0 Å². The second-order valence-corrected chi connectivity index (χ2v) is 5.92. The molecule has 0 bridgehead atoms. The smallest absolute Gasteiger partial charge is 0.223 e. The van der Waals surface area contributed by atoms with Crippen LogP contribution in [-0.4, -0.2) is 30.2 Å². The Morgan fingerprint density at radius 1 is 0.895 bits per heavy atom. The SMILES string of the molecule is CCCCCCCCCCCCN(C)C(=O)CCS. The fourth-order valence-electron chi connectivity index (χ4n) is 2.25. The second-order valence-electron chi connectivity index (χ2n) is 5.47. The van der Waals surface area contributed by atoms with Crippen molar-refractivity contribution in [2.45, 2.75) is 77.6 Å². The van der Waals surface area contributed by atoms with Crippen LogP contribution in [0.25, 0.3) is 0 Å². The van der Waals surface area contributed by atoms with E-state index in [2.05, 4.69) is 19.6 Å². The number of nitrogens with zero attached hydrogens (tertiary/aromatic N) is 1. The molecule has 0 heterocycles. The third-order valence-corrected chi connectivity index (χ3v) is 3.82. The molecule has 0 aliphatic carbocycles. The summed E-state index contributed by atoms with van der Waals surface area (Å²) in [5.74, 6) is 0.882. The van der Waals surface area contributed by atoms with Crippen LogP contribution in [0.1, 0.15) is 77.6 Å². The monoisotopic (exact) mass is 287 g/mol. The summed E-state index contributed by atoms with van der Waals surface area (Å²) in [6.07, 6.45) is 14.0. The normalized spacial score (nSPS) is 10.7. The molecular formula is C16H33NOS. The quantitative estimate of drug-likeness (QED) is 0.385. The molecular weight excluding hydrogens is 254 g/mol. The zero-order valence-electron chi connectivity index (χ0n) is 13.0. The molecule has 19 heavy (non-hydrogen) atoms. The van der Waals surface area contributed by atoms with Crippen molar-refractivity contribution in [1.82, 2.24) is 4.90 Å².